The number of alkyl halides is 3. The van der Waals surface area contributed by atoms with Crippen molar-refractivity contribution in [1.82, 2.24) is 19.8 Å². The highest BCUT2D eigenvalue weighted by molar-refractivity contribution is 7.87. The minimum atomic E-state index is -4.80. The van der Waals surface area contributed by atoms with Crippen LogP contribution in [0.3, 0.4) is 0 Å². The van der Waals surface area contributed by atoms with Crippen LogP contribution in [0.1, 0.15) is 25.8 Å². The fourth-order valence-electron chi connectivity index (χ4n) is 5.03. The summed E-state index contributed by atoms with van der Waals surface area (Å²) in [6.45, 7) is 2.35. The van der Waals surface area contributed by atoms with Crippen LogP contribution in [0.4, 0.5) is 13.2 Å². The molecule has 222 valence electrons. The zero-order valence-electron chi connectivity index (χ0n) is 21.4. The maximum atomic E-state index is 14.6. The quantitative estimate of drug-likeness (QED) is 0.338. The van der Waals surface area contributed by atoms with Gasteiger partial charge < -0.3 is 10.4 Å². The van der Waals surface area contributed by atoms with Crippen LogP contribution in [0.5, 0.6) is 0 Å². The number of nitrogens with two attached hydrogens (primary N) is 1. The van der Waals surface area contributed by atoms with Crippen LogP contribution in [0.25, 0.3) is 0 Å². The molecule has 40 heavy (non-hydrogen) atoms. The largest absolute Gasteiger partial charge is 0.398 e. The maximum Gasteiger partial charge on any atom is 0.398 e. The van der Waals surface area contributed by atoms with Crippen molar-refractivity contribution in [3.63, 3.8) is 0 Å². The number of halogens is 5. The van der Waals surface area contributed by atoms with Gasteiger partial charge in [0.15, 0.2) is 0 Å². The molecular weight excluding hydrogens is 618 g/mol. The Bertz CT molecular complexity index is 1420. The topological polar surface area (TPSA) is 145 Å². The van der Waals surface area contributed by atoms with Crippen molar-refractivity contribution in [3.8, 4) is 0 Å². The fourth-order valence-corrected chi connectivity index (χ4v) is 7.23. The van der Waals surface area contributed by atoms with Gasteiger partial charge >= 0.3 is 6.18 Å². The number of allylic oxidation sites excluding steroid dienone is 1. The lowest BCUT2D eigenvalue weighted by Crippen LogP contribution is -2.61. The monoisotopic (exact) mass is 645 g/mol. The molecule has 2 heterocycles. The second kappa shape index (κ2) is 11.2. The maximum absolute atomic E-state index is 14.6. The van der Waals surface area contributed by atoms with Gasteiger partial charge in [0, 0.05) is 46.9 Å². The van der Waals surface area contributed by atoms with Gasteiger partial charge in [0.2, 0.25) is 6.35 Å². The summed E-state index contributed by atoms with van der Waals surface area (Å²) in [5.74, 6) is -0.578. The Labute approximate surface area is 242 Å². The SMILES string of the molecule is CCS(=O)c1ccc(Cl)cc1CN1C(=O)C2=C(NC1O)C(Cl)=C(CN1CC(NS(N)(=O)=O)C1)C(C)(C(F)(F)F)C2. The molecule has 0 spiro atoms. The molecule has 3 atom stereocenters. The second-order valence-corrected chi connectivity index (χ2v) is 13.9. The van der Waals surface area contributed by atoms with E-state index in [1.165, 1.54) is 12.1 Å². The lowest BCUT2D eigenvalue weighted by Gasteiger charge is -2.47. The number of benzene rings is 1. The summed E-state index contributed by atoms with van der Waals surface area (Å²) in [5, 5.41) is 18.4. The zero-order valence-corrected chi connectivity index (χ0v) is 24.5. The molecule has 4 rings (SSSR count). The van der Waals surface area contributed by atoms with Crippen LogP contribution in [0.2, 0.25) is 5.02 Å². The van der Waals surface area contributed by atoms with Gasteiger partial charge in [-0.3, -0.25) is 18.8 Å². The number of aliphatic hydroxyl groups is 1. The van der Waals surface area contributed by atoms with Gasteiger partial charge in [-0.25, -0.2) is 5.14 Å². The predicted octanol–water partition coefficient (Wildman–Crippen LogP) is 1.87. The predicted molar refractivity (Wildman–Crippen MR) is 143 cm³/mol. The van der Waals surface area contributed by atoms with Crippen molar-refractivity contribution in [2.75, 3.05) is 25.4 Å². The molecule has 10 nitrogen and oxygen atoms in total. The lowest BCUT2D eigenvalue weighted by atomic mass is 9.71. The first-order valence-electron chi connectivity index (χ1n) is 12.1. The summed E-state index contributed by atoms with van der Waals surface area (Å²) in [4.78, 5) is 16.5. The summed E-state index contributed by atoms with van der Waals surface area (Å²) in [7, 11) is -5.40. The minimum absolute atomic E-state index is 0.102. The Hall–Kier alpha value is -1.72. The summed E-state index contributed by atoms with van der Waals surface area (Å²) in [5.41, 5.74) is -2.72. The van der Waals surface area contributed by atoms with E-state index in [9.17, 15) is 35.7 Å². The summed E-state index contributed by atoms with van der Waals surface area (Å²) in [6.07, 6.45) is -7.20. The van der Waals surface area contributed by atoms with Crippen molar-refractivity contribution in [1.29, 1.82) is 0 Å². The summed E-state index contributed by atoms with van der Waals surface area (Å²) < 4.78 is 80.9. The summed E-state index contributed by atoms with van der Waals surface area (Å²) in [6, 6.07) is 4.01. The molecule has 1 aliphatic carbocycles. The Morgan fingerprint density at radius 1 is 1.27 bits per heavy atom. The molecule has 0 saturated carbocycles. The number of rotatable bonds is 8. The first kappa shape index (κ1) is 31.2. The van der Waals surface area contributed by atoms with Crippen LogP contribution >= 0.6 is 23.2 Å². The van der Waals surface area contributed by atoms with E-state index in [-0.39, 0.29) is 53.8 Å². The van der Waals surface area contributed by atoms with Crippen LogP contribution in [0, 0.1) is 5.41 Å². The van der Waals surface area contributed by atoms with Gasteiger partial charge in [-0.05, 0) is 42.7 Å². The molecule has 1 aromatic rings. The van der Waals surface area contributed by atoms with E-state index < -0.39 is 57.3 Å². The number of carbonyl (C=O) groups is 1. The van der Waals surface area contributed by atoms with E-state index in [1.54, 1.807) is 17.9 Å². The van der Waals surface area contributed by atoms with E-state index in [0.29, 0.717) is 15.5 Å². The third-order valence-corrected chi connectivity index (χ3v) is 9.96. The van der Waals surface area contributed by atoms with Gasteiger partial charge in [-0.15, -0.1) is 0 Å². The molecule has 1 saturated heterocycles. The van der Waals surface area contributed by atoms with Crippen molar-refractivity contribution in [2.24, 2.45) is 10.6 Å². The number of amides is 1. The summed E-state index contributed by atoms with van der Waals surface area (Å²) >= 11 is 12.6. The molecule has 1 aromatic carbocycles. The average Bonchev–Trinajstić information content (AvgIpc) is 2.81. The van der Waals surface area contributed by atoms with E-state index in [4.69, 9.17) is 28.3 Å². The third-order valence-electron chi connectivity index (χ3n) is 7.24. The molecule has 0 radical (unpaired) electrons. The standard InChI is InChI=1S/C23H28Cl2F3N5O5S2/c1-3-39(36)17-5-4-13(24)6-12(17)8-33-20(34)15-7-22(2,23(26,27)28)16(18(25)19(15)30-21(33)35)11-32-9-14(10-32)31-40(29,37)38/h4-6,14,21,30-31,35H,3,7-11H2,1-2H3,(H2,29,37,38). The fraction of sp³-hybridized carbons (Fsp3) is 0.522. The molecule has 3 aliphatic rings. The smallest absolute Gasteiger partial charge is 0.356 e. The number of nitrogens with zero attached hydrogens (tertiary/aromatic N) is 2. The molecule has 17 heteroatoms. The Morgan fingerprint density at radius 3 is 2.50 bits per heavy atom. The van der Waals surface area contributed by atoms with Crippen LogP contribution in [-0.4, -0.2) is 77.4 Å². The van der Waals surface area contributed by atoms with E-state index >= 15 is 0 Å². The van der Waals surface area contributed by atoms with Crippen molar-refractivity contribution in [2.45, 2.75) is 50.3 Å². The molecule has 0 aromatic heterocycles. The second-order valence-electron chi connectivity index (χ2n) is 10.0. The number of carbonyl (C=O) groups excluding carboxylic acids is 1. The molecular formula is C23H28Cl2F3N5O5S2. The molecule has 1 fully saturated rings. The minimum Gasteiger partial charge on any atom is -0.356 e. The highest BCUT2D eigenvalue weighted by atomic mass is 35.5. The highest BCUT2D eigenvalue weighted by Gasteiger charge is 2.58. The van der Waals surface area contributed by atoms with Crippen LogP contribution in [0.15, 0.2) is 45.0 Å². The van der Waals surface area contributed by atoms with Crippen LogP contribution < -0.4 is 15.2 Å². The molecule has 0 bridgehead atoms. The molecule has 2 aliphatic heterocycles. The Balaban J connectivity index is 1.66. The van der Waals surface area contributed by atoms with Gasteiger partial charge in [-0.2, -0.15) is 26.3 Å². The lowest BCUT2D eigenvalue weighted by molar-refractivity contribution is -0.206. The number of hydrogen-bond donors (Lipinski definition) is 4. The van der Waals surface area contributed by atoms with Gasteiger partial charge in [0.05, 0.1) is 33.5 Å². The molecule has 1 amide bonds. The average molecular weight is 647 g/mol. The van der Waals surface area contributed by atoms with Gasteiger partial charge in [0.25, 0.3) is 16.1 Å². The molecule has 3 unspecified atom stereocenters. The van der Waals surface area contributed by atoms with Crippen LogP contribution in [-0.2, 0) is 32.3 Å². The highest BCUT2D eigenvalue weighted by Crippen LogP contribution is 2.54. The first-order valence-corrected chi connectivity index (χ1v) is 15.7. The number of hydrogen-bond acceptors (Lipinski definition) is 7. The van der Waals surface area contributed by atoms with Crippen molar-refractivity contribution < 1.29 is 35.7 Å². The third kappa shape index (κ3) is 6.07. The van der Waals surface area contributed by atoms with Gasteiger partial charge in [0.1, 0.15) is 0 Å². The Kier molecular flexibility index (Phi) is 8.72. The first-order chi connectivity index (χ1) is 18.4. The van der Waals surface area contributed by atoms with E-state index in [1.807, 2.05) is 0 Å². The Morgan fingerprint density at radius 2 is 1.93 bits per heavy atom. The molecule has 5 N–H and O–H groups in total. The number of aliphatic hydroxyl groups excluding tert-OH is 1. The van der Waals surface area contributed by atoms with Gasteiger partial charge in [-0.1, -0.05) is 30.1 Å². The van der Waals surface area contributed by atoms with E-state index in [0.717, 1.165) is 11.8 Å². The van der Waals surface area contributed by atoms with Crippen molar-refractivity contribution >= 4 is 50.1 Å². The van der Waals surface area contributed by atoms with E-state index in [2.05, 4.69) is 10.0 Å². The normalized spacial score (nSPS) is 25.6. The van der Waals surface area contributed by atoms with Crippen molar-refractivity contribution in [3.05, 3.63) is 50.7 Å². The zero-order chi connectivity index (χ0) is 29.8. The number of likely N-dealkylation sites (tertiary alicyclic amines) is 1. The number of nitrogens with one attached hydrogen (secondary N) is 2.